The summed E-state index contributed by atoms with van der Waals surface area (Å²) < 4.78 is 0. The van der Waals surface area contributed by atoms with Crippen LogP contribution in [0.5, 0.6) is 0 Å². The van der Waals surface area contributed by atoms with Gasteiger partial charge in [0, 0.05) is 30.7 Å². The van der Waals surface area contributed by atoms with Gasteiger partial charge in [0.2, 0.25) is 0 Å². The summed E-state index contributed by atoms with van der Waals surface area (Å²) in [6, 6.07) is 31.8. The van der Waals surface area contributed by atoms with E-state index in [-0.39, 0.29) is 0 Å². The van der Waals surface area contributed by atoms with Gasteiger partial charge in [0.25, 0.3) is 0 Å². The van der Waals surface area contributed by atoms with E-state index in [1.165, 1.54) is 22.6 Å². The highest BCUT2D eigenvalue weighted by atomic mass is 15.2. The fraction of sp³-hybridized carbons (Fsp3) is 0.0909. The van der Waals surface area contributed by atoms with E-state index in [4.69, 9.17) is 0 Å². The highest BCUT2D eigenvalue weighted by Gasteiger charge is 2.21. The van der Waals surface area contributed by atoms with Gasteiger partial charge >= 0.3 is 0 Å². The first-order valence-corrected chi connectivity index (χ1v) is 8.33. The minimum Gasteiger partial charge on any atom is -0.344 e. The number of hydrogen-bond acceptors (Lipinski definition) is 2. The summed E-state index contributed by atoms with van der Waals surface area (Å²) in [7, 11) is 0. The molecule has 0 aromatic heterocycles. The minimum atomic E-state index is 0.958. The van der Waals surface area contributed by atoms with Crippen LogP contribution in [0.3, 0.4) is 0 Å². The number of para-hydroxylation sites is 2. The number of anilines is 2. The Morgan fingerprint density at radius 3 is 1.71 bits per heavy atom. The Morgan fingerprint density at radius 1 is 0.542 bits per heavy atom. The molecule has 0 saturated carbocycles. The molecule has 0 amide bonds. The second kappa shape index (κ2) is 6.63. The molecule has 0 bridgehead atoms. The van der Waals surface area contributed by atoms with Crippen LogP contribution >= 0.6 is 0 Å². The Bertz CT molecular complexity index is 810. The number of benzene rings is 3. The lowest BCUT2D eigenvalue weighted by Gasteiger charge is -2.36. The van der Waals surface area contributed by atoms with Crippen molar-refractivity contribution in [3.05, 3.63) is 103 Å². The van der Waals surface area contributed by atoms with E-state index in [1.807, 2.05) is 0 Å². The van der Waals surface area contributed by atoms with Crippen molar-refractivity contribution in [1.82, 2.24) is 0 Å². The first-order valence-electron chi connectivity index (χ1n) is 8.33. The van der Waals surface area contributed by atoms with Gasteiger partial charge in [0.1, 0.15) is 0 Å². The van der Waals surface area contributed by atoms with Gasteiger partial charge in [-0.15, -0.1) is 0 Å². The lowest BCUT2D eigenvalue weighted by molar-refractivity contribution is 0.851. The maximum Gasteiger partial charge on any atom is 0.0650 e. The largest absolute Gasteiger partial charge is 0.344 e. The van der Waals surface area contributed by atoms with Crippen LogP contribution in [0.15, 0.2) is 97.2 Å². The molecule has 4 rings (SSSR count). The third kappa shape index (κ3) is 2.91. The molecule has 1 aliphatic heterocycles. The fourth-order valence-corrected chi connectivity index (χ4v) is 3.15. The summed E-state index contributed by atoms with van der Waals surface area (Å²) in [5.74, 6) is 0. The highest BCUT2D eigenvalue weighted by molar-refractivity contribution is 5.82. The first kappa shape index (κ1) is 14.6. The van der Waals surface area contributed by atoms with Gasteiger partial charge in [0.15, 0.2) is 0 Å². The maximum atomic E-state index is 2.40. The maximum absolute atomic E-state index is 2.40. The Kier molecular flexibility index (Phi) is 4.03. The lowest BCUT2D eigenvalue weighted by Crippen LogP contribution is -2.37. The van der Waals surface area contributed by atoms with Crippen molar-refractivity contribution in [2.24, 2.45) is 0 Å². The molecule has 0 saturated heterocycles. The number of nitrogens with zero attached hydrogens (tertiary/aromatic N) is 2. The molecule has 1 aliphatic rings. The van der Waals surface area contributed by atoms with Crippen LogP contribution in [0.4, 0.5) is 11.4 Å². The molecule has 0 N–H and O–H groups in total. The molecule has 0 atom stereocenters. The second-order valence-electron chi connectivity index (χ2n) is 5.90. The quantitative estimate of drug-likeness (QED) is 0.670. The van der Waals surface area contributed by atoms with Crippen molar-refractivity contribution in [3.63, 3.8) is 0 Å². The van der Waals surface area contributed by atoms with Crippen molar-refractivity contribution in [1.29, 1.82) is 0 Å². The van der Waals surface area contributed by atoms with Crippen molar-refractivity contribution >= 4 is 17.1 Å². The van der Waals surface area contributed by atoms with E-state index in [2.05, 4.69) is 107 Å². The van der Waals surface area contributed by atoms with Crippen molar-refractivity contribution in [3.8, 4) is 0 Å². The Balaban J connectivity index is 1.77. The summed E-state index contributed by atoms with van der Waals surface area (Å²) in [6.45, 7) is 1.93. The molecule has 3 aromatic carbocycles. The highest BCUT2D eigenvalue weighted by Crippen LogP contribution is 2.30. The monoisotopic (exact) mass is 312 g/mol. The second-order valence-corrected chi connectivity index (χ2v) is 5.90. The molecule has 0 unspecified atom stereocenters. The Morgan fingerprint density at radius 2 is 1.08 bits per heavy atom. The average molecular weight is 312 g/mol. The molecule has 1 heterocycles. The molecular weight excluding hydrogens is 292 g/mol. The van der Waals surface area contributed by atoms with Gasteiger partial charge in [0.05, 0.1) is 5.70 Å². The molecule has 0 aliphatic carbocycles. The molecule has 3 aromatic rings. The summed E-state index contributed by atoms with van der Waals surface area (Å²) in [5, 5.41) is 0. The minimum absolute atomic E-state index is 0.958. The third-order valence-electron chi connectivity index (χ3n) is 4.36. The lowest BCUT2D eigenvalue weighted by atomic mass is 10.1. The summed E-state index contributed by atoms with van der Waals surface area (Å²) >= 11 is 0. The summed E-state index contributed by atoms with van der Waals surface area (Å²) in [4.78, 5) is 4.73. The summed E-state index contributed by atoms with van der Waals surface area (Å²) in [6.07, 6.45) is 2.27. The van der Waals surface area contributed by atoms with Crippen LogP contribution in [-0.4, -0.2) is 13.1 Å². The molecule has 0 fully saturated rings. The van der Waals surface area contributed by atoms with Gasteiger partial charge in [-0.1, -0.05) is 66.7 Å². The van der Waals surface area contributed by atoms with Gasteiger partial charge in [-0.05, 0) is 29.8 Å². The molecule has 0 spiro atoms. The third-order valence-corrected chi connectivity index (χ3v) is 4.36. The van der Waals surface area contributed by atoms with Crippen LogP contribution in [0.1, 0.15) is 5.56 Å². The average Bonchev–Trinajstić information content (AvgIpc) is 2.69. The van der Waals surface area contributed by atoms with E-state index in [0.717, 1.165) is 13.1 Å². The van der Waals surface area contributed by atoms with Crippen LogP contribution < -0.4 is 9.80 Å². The van der Waals surface area contributed by atoms with E-state index in [1.54, 1.807) is 0 Å². The van der Waals surface area contributed by atoms with E-state index >= 15 is 0 Å². The zero-order valence-electron chi connectivity index (χ0n) is 13.5. The Hall–Kier alpha value is -3.00. The van der Waals surface area contributed by atoms with Crippen LogP contribution in [0, 0.1) is 0 Å². The number of hydrogen-bond donors (Lipinski definition) is 0. The van der Waals surface area contributed by atoms with Crippen LogP contribution in [0.2, 0.25) is 0 Å². The smallest absolute Gasteiger partial charge is 0.0650 e. The zero-order chi connectivity index (χ0) is 16.2. The van der Waals surface area contributed by atoms with Crippen molar-refractivity contribution in [2.75, 3.05) is 22.9 Å². The standard InChI is InChI=1S/C22H20N2/c1-4-10-19(11-5-1)22-18-23(20-12-6-2-7-13-20)16-17-24(22)21-14-8-3-9-15-21/h1-15,18H,16-17H2. The molecule has 118 valence electrons. The number of rotatable bonds is 3. The van der Waals surface area contributed by atoms with E-state index in [9.17, 15) is 0 Å². The van der Waals surface area contributed by atoms with Gasteiger partial charge in [-0.2, -0.15) is 0 Å². The van der Waals surface area contributed by atoms with Gasteiger partial charge < -0.3 is 9.80 Å². The predicted octanol–water partition coefficient (Wildman–Crippen LogP) is 5.01. The topological polar surface area (TPSA) is 6.48 Å². The van der Waals surface area contributed by atoms with Crippen LogP contribution in [0.25, 0.3) is 5.70 Å². The van der Waals surface area contributed by atoms with E-state index in [0.29, 0.717) is 0 Å². The van der Waals surface area contributed by atoms with Crippen LogP contribution in [-0.2, 0) is 0 Å². The predicted molar refractivity (Wildman–Crippen MR) is 102 cm³/mol. The normalized spacial score (nSPS) is 14.4. The van der Waals surface area contributed by atoms with E-state index < -0.39 is 0 Å². The molecule has 0 radical (unpaired) electrons. The molecular formula is C22H20N2. The first-order chi connectivity index (χ1) is 11.9. The van der Waals surface area contributed by atoms with Crippen molar-refractivity contribution < 1.29 is 0 Å². The van der Waals surface area contributed by atoms with Gasteiger partial charge in [-0.25, -0.2) is 0 Å². The zero-order valence-corrected chi connectivity index (χ0v) is 13.5. The fourth-order valence-electron chi connectivity index (χ4n) is 3.15. The van der Waals surface area contributed by atoms with Gasteiger partial charge in [-0.3, -0.25) is 0 Å². The van der Waals surface area contributed by atoms with Crippen molar-refractivity contribution in [2.45, 2.75) is 0 Å². The summed E-state index contributed by atoms with van der Waals surface area (Å²) in [5.41, 5.74) is 4.94. The SMILES string of the molecule is C1=C(c2ccccc2)N(c2ccccc2)CCN1c1ccccc1. The molecule has 24 heavy (non-hydrogen) atoms. The molecule has 2 heteroatoms. The Labute approximate surface area is 143 Å². The molecule has 2 nitrogen and oxygen atoms in total.